The molecule has 1 aliphatic heterocycles. The van der Waals surface area contributed by atoms with Crippen molar-refractivity contribution in [1.29, 1.82) is 0 Å². The van der Waals surface area contributed by atoms with Crippen molar-refractivity contribution in [2.24, 2.45) is 11.8 Å². The van der Waals surface area contributed by atoms with E-state index in [1.165, 1.54) is 27.4 Å². The lowest BCUT2D eigenvalue weighted by atomic mass is 9.97. The fraction of sp³-hybridized carbons (Fsp3) is 0.444. The number of urea groups is 1. The Bertz CT molecular complexity index is 1750. The van der Waals surface area contributed by atoms with Gasteiger partial charge in [0.25, 0.3) is 5.91 Å². The van der Waals surface area contributed by atoms with E-state index in [1.54, 1.807) is 39.2 Å². The van der Waals surface area contributed by atoms with E-state index in [9.17, 15) is 33.0 Å². The third-order valence-electron chi connectivity index (χ3n) is 8.65. The third-order valence-corrected chi connectivity index (χ3v) is 10.5. The van der Waals surface area contributed by atoms with Crippen LogP contribution in [0.15, 0.2) is 71.9 Å². The first-order valence-corrected chi connectivity index (χ1v) is 17.9. The van der Waals surface area contributed by atoms with Gasteiger partial charge in [0.05, 0.1) is 23.6 Å². The molecule has 13 heteroatoms. The molecule has 1 fully saturated rings. The van der Waals surface area contributed by atoms with Crippen molar-refractivity contribution in [2.45, 2.75) is 77.6 Å². The summed E-state index contributed by atoms with van der Waals surface area (Å²) >= 11 is 0. The topological polar surface area (TPSA) is 160 Å². The molecule has 4 amide bonds. The van der Waals surface area contributed by atoms with Gasteiger partial charge in [0.1, 0.15) is 18.3 Å². The van der Waals surface area contributed by atoms with Crippen LogP contribution in [0.25, 0.3) is 0 Å². The van der Waals surface area contributed by atoms with Crippen LogP contribution in [0.1, 0.15) is 49.9 Å². The molecule has 1 aromatic heterocycles. The highest BCUT2D eigenvalue weighted by Crippen LogP contribution is 2.26. The lowest BCUT2D eigenvalue weighted by molar-refractivity contribution is -0.129. The average molecular weight is 694 g/mol. The number of hydrogen-bond donors (Lipinski definition) is 3. The van der Waals surface area contributed by atoms with E-state index in [2.05, 4.69) is 10.3 Å². The number of rotatable bonds is 15. The molecule has 1 aliphatic rings. The molecule has 0 radical (unpaired) electrons. The van der Waals surface area contributed by atoms with E-state index in [1.807, 2.05) is 51.1 Å². The van der Waals surface area contributed by atoms with E-state index < -0.39 is 52.0 Å². The standard InChI is InChI=1S/C36H47N5O7S/c1-23(2)19-39(49(47,48)29-12-13-31(42)26(6)16-29)21-32(43)30(17-27-10-8-7-9-11-27)38-35(45)34(24(3)4)41-22-33(44)40(36(41)46)20-28-18-37-15-14-25(28)5/h7-16,18,23-24,30,32,34,42-43H,17,19-22H2,1-6H3,(H,38,45)/t30-,32-,34-/m0/s1. The van der Waals surface area contributed by atoms with Crippen LogP contribution < -0.4 is 5.32 Å². The molecule has 4 rings (SSSR count). The normalized spacial score (nSPS) is 15.7. The summed E-state index contributed by atoms with van der Waals surface area (Å²) in [4.78, 5) is 47.2. The highest BCUT2D eigenvalue weighted by molar-refractivity contribution is 7.89. The molecule has 0 saturated carbocycles. The highest BCUT2D eigenvalue weighted by atomic mass is 32.2. The average Bonchev–Trinajstić information content (AvgIpc) is 3.30. The van der Waals surface area contributed by atoms with Crippen LogP contribution in [0, 0.1) is 25.7 Å². The zero-order valence-corrected chi connectivity index (χ0v) is 29.7. The summed E-state index contributed by atoms with van der Waals surface area (Å²) in [6.45, 7) is 10.2. The minimum atomic E-state index is -4.11. The first-order chi connectivity index (χ1) is 23.1. The number of aryl methyl sites for hydroxylation is 2. The number of hydrogen-bond acceptors (Lipinski definition) is 8. The number of pyridine rings is 1. The molecule has 49 heavy (non-hydrogen) atoms. The maximum Gasteiger partial charge on any atom is 0.328 e. The molecule has 1 saturated heterocycles. The number of aliphatic hydroxyl groups excluding tert-OH is 1. The summed E-state index contributed by atoms with van der Waals surface area (Å²) < 4.78 is 28.9. The van der Waals surface area contributed by atoms with E-state index in [0.717, 1.165) is 16.0 Å². The van der Waals surface area contributed by atoms with Crippen LogP contribution in [0.3, 0.4) is 0 Å². The summed E-state index contributed by atoms with van der Waals surface area (Å²) in [6, 6.07) is 12.4. The summed E-state index contributed by atoms with van der Waals surface area (Å²) in [5, 5.41) is 24.6. The van der Waals surface area contributed by atoms with Gasteiger partial charge in [-0.05, 0) is 78.6 Å². The minimum absolute atomic E-state index is 0.0241. The number of aromatic hydroxyl groups is 1. The van der Waals surface area contributed by atoms with Gasteiger partial charge in [-0.15, -0.1) is 0 Å². The first-order valence-electron chi connectivity index (χ1n) is 16.4. The number of sulfonamides is 1. The van der Waals surface area contributed by atoms with Gasteiger partial charge in [-0.25, -0.2) is 13.2 Å². The fourth-order valence-electron chi connectivity index (χ4n) is 5.94. The van der Waals surface area contributed by atoms with Gasteiger partial charge in [0.2, 0.25) is 15.9 Å². The molecule has 0 unspecified atom stereocenters. The van der Waals surface area contributed by atoms with Crippen molar-refractivity contribution < 1.29 is 33.0 Å². The number of amides is 4. The van der Waals surface area contributed by atoms with Crippen molar-refractivity contribution >= 4 is 27.9 Å². The summed E-state index contributed by atoms with van der Waals surface area (Å²) in [5.74, 6) is -1.53. The molecule has 2 aromatic carbocycles. The number of carbonyl (C=O) groups is 3. The number of carbonyl (C=O) groups excluding carboxylic acids is 3. The molecule has 12 nitrogen and oxygen atoms in total. The van der Waals surface area contributed by atoms with Crippen molar-refractivity contribution in [2.75, 3.05) is 19.6 Å². The molecular formula is C36H47N5O7S. The zero-order chi connectivity index (χ0) is 36.0. The zero-order valence-electron chi connectivity index (χ0n) is 28.9. The van der Waals surface area contributed by atoms with Crippen molar-refractivity contribution in [3.63, 3.8) is 0 Å². The Morgan fingerprint density at radius 1 is 1.00 bits per heavy atom. The quantitative estimate of drug-likeness (QED) is 0.204. The van der Waals surface area contributed by atoms with Crippen LogP contribution in [-0.2, 0) is 32.6 Å². The van der Waals surface area contributed by atoms with Crippen LogP contribution in [-0.4, -0.2) is 93.4 Å². The van der Waals surface area contributed by atoms with E-state index in [-0.39, 0.29) is 49.2 Å². The van der Waals surface area contributed by atoms with Gasteiger partial charge in [0, 0.05) is 25.5 Å². The Kier molecular flexibility index (Phi) is 12.2. The number of aromatic nitrogens is 1. The van der Waals surface area contributed by atoms with Crippen LogP contribution in [0.4, 0.5) is 4.79 Å². The Morgan fingerprint density at radius 2 is 1.69 bits per heavy atom. The molecule has 3 aromatic rings. The summed E-state index contributed by atoms with van der Waals surface area (Å²) in [5.41, 5.74) is 2.78. The number of imide groups is 1. The lowest BCUT2D eigenvalue weighted by Crippen LogP contribution is -2.57. The number of benzene rings is 2. The second kappa shape index (κ2) is 15.9. The van der Waals surface area contributed by atoms with Gasteiger partial charge >= 0.3 is 6.03 Å². The van der Waals surface area contributed by atoms with Gasteiger partial charge < -0.3 is 20.4 Å². The number of nitrogens with one attached hydrogen (secondary N) is 1. The van der Waals surface area contributed by atoms with Crippen molar-refractivity contribution in [3.05, 3.63) is 89.2 Å². The molecule has 0 spiro atoms. The largest absolute Gasteiger partial charge is 0.508 e. The molecule has 2 heterocycles. The molecule has 0 bridgehead atoms. The van der Waals surface area contributed by atoms with E-state index in [0.29, 0.717) is 11.1 Å². The highest BCUT2D eigenvalue weighted by Gasteiger charge is 2.44. The monoisotopic (exact) mass is 693 g/mol. The second-order valence-electron chi connectivity index (χ2n) is 13.4. The maximum atomic E-state index is 14.1. The summed E-state index contributed by atoms with van der Waals surface area (Å²) in [7, 11) is -4.11. The first kappa shape index (κ1) is 37.5. The predicted octanol–water partition coefficient (Wildman–Crippen LogP) is 3.63. The van der Waals surface area contributed by atoms with Gasteiger partial charge in [-0.1, -0.05) is 58.0 Å². The molecule has 264 valence electrons. The third kappa shape index (κ3) is 9.02. The van der Waals surface area contributed by atoms with Crippen LogP contribution >= 0.6 is 0 Å². The SMILES string of the molecule is Cc1cc(S(=O)(=O)N(CC(C)C)C[C@H](O)[C@H](Cc2ccccc2)NC(=O)[C@H](C(C)C)N2CC(=O)N(Cc3cnccc3C)C2=O)ccc1O. The molecule has 3 N–H and O–H groups in total. The molecule has 0 aliphatic carbocycles. The Morgan fingerprint density at radius 3 is 2.31 bits per heavy atom. The summed E-state index contributed by atoms with van der Waals surface area (Å²) in [6.07, 6.45) is 2.05. The minimum Gasteiger partial charge on any atom is -0.508 e. The number of aliphatic hydroxyl groups is 1. The van der Waals surface area contributed by atoms with Gasteiger partial charge in [0.15, 0.2) is 0 Å². The maximum absolute atomic E-state index is 14.1. The molecular weight excluding hydrogens is 646 g/mol. The fourth-order valence-corrected chi connectivity index (χ4v) is 7.65. The van der Waals surface area contributed by atoms with Crippen molar-refractivity contribution in [3.8, 4) is 5.75 Å². The van der Waals surface area contributed by atoms with Crippen molar-refractivity contribution in [1.82, 2.24) is 24.4 Å². The second-order valence-corrected chi connectivity index (χ2v) is 15.4. The van der Waals surface area contributed by atoms with E-state index >= 15 is 0 Å². The Balaban J connectivity index is 1.61. The lowest BCUT2D eigenvalue weighted by Gasteiger charge is -2.34. The van der Waals surface area contributed by atoms with E-state index in [4.69, 9.17) is 0 Å². The Hall–Kier alpha value is -4.33. The van der Waals surface area contributed by atoms with Crippen LogP contribution in [0.2, 0.25) is 0 Å². The van der Waals surface area contributed by atoms with Gasteiger partial charge in [-0.2, -0.15) is 4.31 Å². The van der Waals surface area contributed by atoms with Gasteiger partial charge in [-0.3, -0.25) is 19.5 Å². The Labute approximate surface area is 288 Å². The number of nitrogens with zero attached hydrogens (tertiary/aromatic N) is 4. The smallest absolute Gasteiger partial charge is 0.328 e. The molecule has 3 atom stereocenters. The number of phenols is 1. The predicted molar refractivity (Wildman–Crippen MR) is 185 cm³/mol. The van der Waals surface area contributed by atoms with Crippen LogP contribution in [0.5, 0.6) is 5.75 Å². The number of phenolic OH excluding ortho intramolecular Hbond substituents is 1.